The van der Waals surface area contributed by atoms with Gasteiger partial charge in [-0.25, -0.2) is 0 Å². The standard InChI is InChI=1S/C17H28N4O4S/c1-17(2,3)18-10-13(25-16(22)12-4-5-12)11-24-15-14(19-26-20-15)21-6-8-23-9-7-21/h12-13,18H,4-11H2,1-3H3. The van der Waals surface area contributed by atoms with Crippen LogP contribution in [0.5, 0.6) is 5.88 Å². The minimum atomic E-state index is -0.360. The second-order valence-corrected chi connectivity index (χ2v) is 8.30. The molecule has 8 nitrogen and oxygen atoms in total. The van der Waals surface area contributed by atoms with Crippen LogP contribution in [-0.2, 0) is 14.3 Å². The van der Waals surface area contributed by atoms with E-state index in [0.717, 1.165) is 43.5 Å². The van der Waals surface area contributed by atoms with Crippen molar-refractivity contribution in [2.75, 3.05) is 44.4 Å². The van der Waals surface area contributed by atoms with Crippen molar-refractivity contribution in [3.05, 3.63) is 0 Å². The van der Waals surface area contributed by atoms with E-state index in [1.807, 2.05) is 0 Å². The van der Waals surface area contributed by atoms with Crippen LogP contribution in [0.15, 0.2) is 0 Å². The highest BCUT2D eigenvalue weighted by Gasteiger charge is 2.33. The highest BCUT2D eigenvalue weighted by Crippen LogP contribution is 2.31. The quantitative estimate of drug-likeness (QED) is 0.675. The lowest BCUT2D eigenvalue weighted by molar-refractivity contribution is -0.152. The lowest BCUT2D eigenvalue weighted by atomic mass is 10.1. The van der Waals surface area contributed by atoms with Crippen LogP contribution in [0.25, 0.3) is 0 Å². The van der Waals surface area contributed by atoms with E-state index < -0.39 is 0 Å². The molecule has 1 saturated carbocycles. The Bertz CT molecular complexity index is 594. The van der Waals surface area contributed by atoms with Gasteiger partial charge in [-0.15, -0.1) is 4.37 Å². The van der Waals surface area contributed by atoms with Gasteiger partial charge in [0.1, 0.15) is 12.7 Å². The molecule has 2 fully saturated rings. The Kier molecular flexibility index (Phi) is 6.31. The molecular formula is C17H28N4O4S. The Morgan fingerprint density at radius 2 is 2.08 bits per heavy atom. The number of carbonyl (C=O) groups excluding carboxylic acids is 1. The van der Waals surface area contributed by atoms with Crippen LogP contribution in [0, 0.1) is 5.92 Å². The lowest BCUT2D eigenvalue weighted by Crippen LogP contribution is -2.44. The minimum Gasteiger partial charge on any atom is -0.470 e. The summed E-state index contributed by atoms with van der Waals surface area (Å²) in [6.45, 7) is 9.91. The number of rotatable bonds is 8. The Labute approximate surface area is 158 Å². The summed E-state index contributed by atoms with van der Waals surface area (Å²) in [6, 6.07) is 0. The first-order chi connectivity index (χ1) is 12.4. The smallest absolute Gasteiger partial charge is 0.309 e. The largest absolute Gasteiger partial charge is 0.470 e. The number of esters is 1. The maximum atomic E-state index is 12.1. The fourth-order valence-corrected chi connectivity index (χ4v) is 3.06. The summed E-state index contributed by atoms with van der Waals surface area (Å²) in [7, 11) is 0. The normalized spacial score (nSPS) is 19.3. The maximum absolute atomic E-state index is 12.1. The molecule has 1 aromatic rings. The second kappa shape index (κ2) is 8.49. The molecule has 1 aliphatic heterocycles. The average Bonchev–Trinajstić information content (AvgIpc) is 3.36. The van der Waals surface area contributed by atoms with Crippen LogP contribution in [0.1, 0.15) is 33.6 Å². The van der Waals surface area contributed by atoms with E-state index in [0.29, 0.717) is 25.6 Å². The number of hydrogen-bond acceptors (Lipinski definition) is 9. The van der Waals surface area contributed by atoms with Crippen LogP contribution in [-0.4, -0.2) is 65.8 Å². The predicted octanol–water partition coefficient (Wildman–Crippen LogP) is 1.46. The molecule has 1 N–H and O–H groups in total. The third-order valence-electron chi connectivity index (χ3n) is 4.21. The first kappa shape index (κ1) is 19.3. The molecule has 2 heterocycles. The molecular weight excluding hydrogens is 356 g/mol. The molecule has 26 heavy (non-hydrogen) atoms. The van der Waals surface area contributed by atoms with Gasteiger partial charge < -0.3 is 24.4 Å². The van der Waals surface area contributed by atoms with E-state index in [4.69, 9.17) is 14.2 Å². The molecule has 0 spiro atoms. The summed E-state index contributed by atoms with van der Waals surface area (Å²) in [6.07, 6.45) is 1.49. The van der Waals surface area contributed by atoms with Crippen LogP contribution < -0.4 is 15.0 Å². The SMILES string of the molecule is CC(C)(C)NCC(COc1nsnc1N1CCOCC1)OC(=O)C1CC1. The van der Waals surface area contributed by atoms with Crippen molar-refractivity contribution in [1.82, 2.24) is 14.1 Å². The topological polar surface area (TPSA) is 85.8 Å². The summed E-state index contributed by atoms with van der Waals surface area (Å²) < 4.78 is 25.5. The van der Waals surface area contributed by atoms with E-state index in [1.165, 1.54) is 0 Å². The number of nitrogens with zero attached hydrogens (tertiary/aromatic N) is 3. The van der Waals surface area contributed by atoms with Gasteiger partial charge >= 0.3 is 5.97 Å². The predicted molar refractivity (Wildman–Crippen MR) is 98.8 cm³/mol. The van der Waals surface area contributed by atoms with Crippen molar-refractivity contribution in [2.24, 2.45) is 5.92 Å². The van der Waals surface area contributed by atoms with Crippen molar-refractivity contribution < 1.29 is 19.0 Å². The summed E-state index contributed by atoms with van der Waals surface area (Å²) in [4.78, 5) is 14.2. The van der Waals surface area contributed by atoms with Crippen LogP contribution in [0.2, 0.25) is 0 Å². The monoisotopic (exact) mass is 384 g/mol. The number of hydrogen-bond donors (Lipinski definition) is 1. The van der Waals surface area contributed by atoms with Crippen LogP contribution in [0.4, 0.5) is 5.82 Å². The van der Waals surface area contributed by atoms with Gasteiger partial charge in [0.2, 0.25) is 5.82 Å². The number of anilines is 1. The fraction of sp³-hybridized carbons (Fsp3) is 0.824. The summed E-state index contributed by atoms with van der Waals surface area (Å²) in [5.41, 5.74) is -0.0641. The zero-order chi connectivity index (χ0) is 18.6. The Morgan fingerprint density at radius 1 is 1.35 bits per heavy atom. The fourth-order valence-electron chi connectivity index (χ4n) is 2.54. The summed E-state index contributed by atoms with van der Waals surface area (Å²) >= 11 is 1.13. The van der Waals surface area contributed by atoms with Gasteiger partial charge in [-0.3, -0.25) is 4.79 Å². The van der Waals surface area contributed by atoms with Crippen LogP contribution >= 0.6 is 11.7 Å². The van der Waals surface area contributed by atoms with Crippen molar-refractivity contribution >= 4 is 23.5 Å². The molecule has 0 radical (unpaired) electrons. The molecule has 1 unspecified atom stereocenters. The number of aromatic nitrogens is 2. The van der Waals surface area contributed by atoms with Gasteiger partial charge in [0, 0.05) is 25.2 Å². The Hall–Kier alpha value is -1.45. The van der Waals surface area contributed by atoms with E-state index in [9.17, 15) is 4.79 Å². The molecule has 1 atom stereocenters. The molecule has 146 valence electrons. The average molecular weight is 385 g/mol. The van der Waals surface area contributed by atoms with Crippen molar-refractivity contribution in [2.45, 2.75) is 45.3 Å². The van der Waals surface area contributed by atoms with E-state index in [1.54, 1.807) is 0 Å². The third-order valence-corrected chi connectivity index (χ3v) is 4.71. The Balaban J connectivity index is 1.57. The van der Waals surface area contributed by atoms with Crippen molar-refractivity contribution in [1.29, 1.82) is 0 Å². The lowest BCUT2D eigenvalue weighted by Gasteiger charge is -2.27. The van der Waals surface area contributed by atoms with Crippen LogP contribution in [0.3, 0.4) is 0 Å². The number of ether oxygens (including phenoxy) is 3. The first-order valence-corrected chi connectivity index (χ1v) is 9.89. The molecule has 1 saturated heterocycles. The maximum Gasteiger partial charge on any atom is 0.309 e. The van der Waals surface area contributed by atoms with Gasteiger partial charge in [-0.2, -0.15) is 4.37 Å². The molecule has 0 aromatic carbocycles. The second-order valence-electron chi connectivity index (χ2n) is 7.77. The van der Waals surface area contributed by atoms with Gasteiger partial charge in [-0.05, 0) is 33.6 Å². The summed E-state index contributed by atoms with van der Waals surface area (Å²) in [5.74, 6) is 1.19. The first-order valence-electron chi connectivity index (χ1n) is 9.16. The molecule has 0 amide bonds. The van der Waals surface area contributed by atoms with E-state index in [-0.39, 0.29) is 30.1 Å². The van der Waals surface area contributed by atoms with Gasteiger partial charge in [0.25, 0.3) is 5.88 Å². The summed E-state index contributed by atoms with van der Waals surface area (Å²) in [5, 5.41) is 3.38. The van der Waals surface area contributed by atoms with Crippen molar-refractivity contribution in [3.63, 3.8) is 0 Å². The molecule has 2 aliphatic rings. The number of carbonyl (C=O) groups is 1. The molecule has 1 aliphatic carbocycles. The molecule has 9 heteroatoms. The van der Waals surface area contributed by atoms with Gasteiger partial charge in [0.05, 0.1) is 30.9 Å². The van der Waals surface area contributed by atoms with E-state index in [2.05, 4.69) is 39.7 Å². The van der Waals surface area contributed by atoms with Gasteiger partial charge in [-0.1, -0.05) is 0 Å². The molecule has 3 rings (SSSR count). The number of nitrogens with one attached hydrogen (secondary N) is 1. The third kappa shape index (κ3) is 5.78. The zero-order valence-corrected chi connectivity index (χ0v) is 16.5. The molecule has 1 aromatic heterocycles. The minimum absolute atomic E-state index is 0.0641. The highest BCUT2D eigenvalue weighted by atomic mass is 32.1. The van der Waals surface area contributed by atoms with Crippen molar-refractivity contribution in [3.8, 4) is 5.88 Å². The molecule has 0 bridgehead atoms. The number of morpholine rings is 1. The highest BCUT2D eigenvalue weighted by molar-refractivity contribution is 6.99. The zero-order valence-electron chi connectivity index (χ0n) is 15.7. The van der Waals surface area contributed by atoms with Gasteiger partial charge in [0.15, 0.2) is 0 Å². The van der Waals surface area contributed by atoms with E-state index >= 15 is 0 Å². The Morgan fingerprint density at radius 3 is 2.73 bits per heavy atom.